The summed E-state index contributed by atoms with van der Waals surface area (Å²) < 4.78 is 1.05. The van der Waals surface area contributed by atoms with Crippen LogP contribution in [0.2, 0.25) is 0 Å². The number of carbonyl (C=O) groups is 1. The van der Waals surface area contributed by atoms with E-state index >= 15 is 0 Å². The van der Waals surface area contributed by atoms with Crippen molar-refractivity contribution in [3.8, 4) is 6.07 Å². The van der Waals surface area contributed by atoms with Crippen LogP contribution in [0, 0.1) is 11.3 Å². The summed E-state index contributed by atoms with van der Waals surface area (Å²) in [7, 11) is 0. The fraction of sp³-hybridized carbons (Fsp3) is 0.286. The van der Waals surface area contributed by atoms with E-state index in [1.165, 1.54) is 11.3 Å². The van der Waals surface area contributed by atoms with Gasteiger partial charge in [-0.05, 0) is 37.6 Å². The molecule has 3 rings (SSSR count). The van der Waals surface area contributed by atoms with Gasteiger partial charge in [0.05, 0.1) is 21.2 Å². The number of nitrogens with zero attached hydrogens (tertiary/aromatic N) is 4. The van der Waals surface area contributed by atoms with Crippen molar-refractivity contribution in [2.24, 2.45) is 0 Å². The van der Waals surface area contributed by atoms with Crippen molar-refractivity contribution in [2.45, 2.75) is 20.4 Å². The molecule has 0 N–H and O–H groups in total. The second-order valence-corrected chi connectivity index (χ2v) is 8.27. The molecule has 0 spiro atoms. The third-order valence-electron chi connectivity index (χ3n) is 4.42. The van der Waals surface area contributed by atoms with Crippen molar-refractivity contribution in [3.05, 3.63) is 59.0 Å². The van der Waals surface area contributed by atoms with Gasteiger partial charge < -0.3 is 9.80 Å². The highest BCUT2D eigenvalue weighted by atomic mass is 32.1. The molecule has 0 aliphatic heterocycles. The van der Waals surface area contributed by atoms with Crippen LogP contribution in [0.15, 0.2) is 43.0 Å². The first-order chi connectivity index (χ1) is 13.6. The summed E-state index contributed by atoms with van der Waals surface area (Å²) in [4.78, 5) is 23.3. The summed E-state index contributed by atoms with van der Waals surface area (Å²) in [5, 5.41) is 9.94. The van der Waals surface area contributed by atoms with Gasteiger partial charge >= 0.3 is 0 Å². The molecule has 2 aromatic heterocycles. The van der Waals surface area contributed by atoms with E-state index in [0.717, 1.165) is 33.3 Å². The summed E-state index contributed by atoms with van der Waals surface area (Å²) in [5.41, 5.74) is 1.59. The van der Waals surface area contributed by atoms with Crippen molar-refractivity contribution in [1.29, 1.82) is 5.26 Å². The van der Waals surface area contributed by atoms with Gasteiger partial charge in [0.2, 0.25) is 0 Å². The van der Waals surface area contributed by atoms with Gasteiger partial charge in [0.15, 0.2) is 5.13 Å². The number of hydrogen-bond donors (Lipinski definition) is 0. The number of fused-ring (bicyclic) bond motifs is 1. The quantitative estimate of drug-likeness (QED) is 0.495. The third-order valence-corrected chi connectivity index (χ3v) is 6.63. The highest BCUT2D eigenvalue weighted by molar-refractivity contribution is 7.29. The highest BCUT2D eigenvalue weighted by Crippen LogP contribution is 2.35. The molecule has 0 radical (unpaired) electrons. The number of amides is 1. The molecule has 7 heteroatoms. The molecule has 0 unspecified atom stereocenters. The number of nitriles is 1. The van der Waals surface area contributed by atoms with Gasteiger partial charge in [0, 0.05) is 26.2 Å². The molecule has 144 valence electrons. The largest absolute Gasteiger partial charge is 0.349 e. The summed E-state index contributed by atoms with van der Waals surface area (Å²) in [5.74, 6) is -0.0242. The van der Waals surface area contributed by atoms with Crippen molar-refractivity contribution in [3.63, 3.8) is 0 Å². The van der Waals surface area contributed by atoms with E-state index in [1.807, 2.05) is 18.2 Å². The molecule has 0 fully saturated rings. The molecular formula is C21H22N4OS2. The van der Waals surface area contributed by atoms with Crippen molar-refractivity contribution in [1.82, 2.24) is 9.88 Å². The van der Waals surface area contributed by atoms with Crippen LogP contribution in [0.5, 0.6) is 0 Å². The standard InChI is InChI=1S/C21H22N4OS2/c1-4-11-25(14-16-9-7-15(13-22)8-10-16)20(26)18-12-17-19(27-18)23-21(28-17)24(5-2)6-3/h4,7-10,12H,1,5-6,11,14H2,2-3H3. The lowest BCUT2D eigenvalue weighted by atomic mass is 10.1. The third kappa shape index (κ3) is 4.24. The first-order valence-electron chi connectivity index (χ1n) is 9.14. The molecule has 0 atom stereocenters. The van der Waals surface area contributed by atoms with Gasteiger partial charge in [0.25, 0.3) is 5.91 Å². The van der Waals surface area contributed by atoms with Gasteiger partial charge in [-0.1, -0.05) is 29.5 Å². The molecular weight excluding hydrogens is 388 g/mol. The van der Waals surface area contributed by atoms with Crippen molar-refractivity contribution >= 4 is 43.2 Å². The summed E-state index contributed by atoms with van der Waals surface area (Å²) in [6.07, 6.45) is 1.73. The van der Waals surface area contributed by atoms with Gasteiger partial charge in [-0.15, -0.1) is 17.9 Å². The maximum atomic E-state index is 13.1. The SMILES string of the molecule is C=CCN(Cc1ccc(C#N)cc1)C(=O)c1cc2sc(N(CC)CC)nc2s1. The van der Waals surface area contributed by atoms with E-state index in [2.05, 4.69) is 31.4 Å². The van der Waals surface area contributed by atoms with Gasteiger partial charge in [0.1, 0.15) is 4.83 Å². The van der Waals surface area contributed by atoms with E-state index in [1.54, 1.807) is 34.4 Å². The smallest absolute Gasteiger partial charge is 0.264 e. The molecule has 5 nitrogen and oxygen atoms in total. The van der Waals surface area contributed by atoms with Crippen LogP contribution >= 0.6 is 22.7 Å². The Bertz CT molecular complexity index is 978. The lowest BCUT2D eigenvalue weighted by molar-refractivity contribution is 0.0767. The molecule has 3 aromatic rings. The normalized spacial score (nSPS) is 10.6. The Hall–Kier alpha value is -2.69. The molecule has 2 heterocycles. The predicted octanol–water partition coefficient (Wildman–Crippen LogP) is 4.90. The number of carbonyl (C=O) groups excluding carboxylic acids is 1. The lowest BCUT2D eigenvalue weighted by Crippen LogP contribution is -2.30. The minimum Gasteiger partial charge on any atom is -0.349 e. The molecule has 0 aliphatic carbocycles. The molecule has 0 aliphatic rings. The molecule has 28 heavy (non-hydrogen) atoms. The monoisotopic (exact) mass is 410 g/mol. The number of thiazole rings is 1. The van der Waals surface area contributed by atoms with Crippen LogP contribution in [0.3, 0.4) is 0 Å². The average Bonchev–Trinajstić information content (AvgIpc) is 3.28. The van der Waals surface area contributed by atoms with Crippen LogP contribution in [-0.4, -0.2) is 35.4 Å². The Balaban J connectivity index is 1.81. The number of anilines is 1. The fourth-order valence-corrected chi connectivity index (χ4v) is 5.20. The van der Waals surface area contributed by atoms with Crippen LogP contribution in [-0.2, 0) is 6.54 Å². The number of aromatic nitrogens is 1. The van der Waals surface area contributed by atoms with E-state index in [0.29, 0.717) is 23.5 Å². The Morgan fingerprint density at radius 2 is 1.96 bits per heavy atom. The van der Waals surface area contributed by atoms with Crippen molar-refractivity contribution < 1.29 is 4.79 Å². The molecule has 0 saturated heterocycles. The van der Waals surface area contributed by atoms with E-state index in [-0.39, 0.29) is 5.91 Å². The molecule has 0 saturated carbocycles. The average molecular weight is 411 g/mol. The maximum Gasteiger partial charge on any atom is 0.264 e. The second kappa shape index (κ2) is 9.00. The Morgan fingerprint density at radius 3 is 2.54 bits per heavy atom. The van der Waals surface area contributed by atoms with Crippen LogP contribution in [0.4, 0.5) is 5.13 Å². The van der Waals surface area contributed by atoms with Crippen LogP contribution in [0.25, 0.3) is 9.53 Å². The Labute approximate surface area is 173 Å². The fourth-order valence-electron chi connectivity index (χ4n) is 2.89. The topological polar surface area (TPSA) is 60.2 Å². The molecule has 1 amide bonds. The highest BCUT2D eigenvalue weighted by Gasteiger charge is 2.20. The summed E-state index contributed by atoms with van der Waals surface area (Å²) >= 11 is 3.07. The zero-order chi connectivity index (χ0) is 20.1. The zero-order valence-electron chi connectivity index (χ0n) is 16.0. The first kappa shape index (κ1) is 20.1. The molecule has 1 aromatic carbocycles. The minimum absolute atomic E-state index is 0.0242. The van der Waals surface area contributed by atoms with Gasteiger partial charge in [-0.2, -0.15) is 5.26 Å². The number of thiophene rings is 1. The zero-order valence-corrected chi connectivity index (χ0v) is 17.6. The van der Waals surface area contributed by atoms with Crippen LogP contribution < -0.4 is 4.90 Å². The minimum atomic E-state index is -0.0242. The predicted molar refractivity (Wildman–Crippen MR) is 117 cm³/mol. The van der Waals surface area contributed by atoms with E-state index in [9.17, 15) is 4.79 Å². The number of rotatable bonds is 8. The number of hydrogen-bond acceptors (Lipinski definition) is 6. The van der Waals surface area contributed by atoms with Gasteiger partial charge in [-0.25, -0.2) is 4.98 Å². The van der Waals surface area contributed by atoms with Crippen molar-refractivity contribution in [2.75, 3.05) is 24.5 Å². The first-order valence-corrected chi connectivity index (χ1v) is 10.8. The molecule has 0 bridgehead atoms. The maximum absolute atomic E-state index is 13.1. The Kier molecular flexibility index (Phi) is 6.45. The lowest BCUT2D eigenvalue weighted by Gasteiger charge is -2.20. The van der Waals surface area contributed by atoms with Crippen LogP contribution in [0.1, 0.15) is 34.6 Å². The summed E-state index contributed by atoms with van der Waals surface area (Å²) in [6, 6.07) is 11.4. The summed E-state index contributed by atoms with van der Waals surface area (Å²) in [6.45, 7) is 10.8. The van der Waals surface area contributed by atoms with E-state index < -0.39 is 0 Å². The second-order valence-electron chi connectivity index (χ2n) is 6.23. The van der Waals surface area contributed by atoms with Gasteiger partial charge in [-0.3, -0.25) is 4.79 Å². The van der Waals surface area contributed by atoms with E-state index in [4.69, 9.17) is 10.2 Å². The Morgan fingerprint density at radius 1 is 1.25 bits per heavy atom. The number of benzene rings is 1.